The van der Waals surface area contributed by atoms with Crippen LogP contribution in [0.4, 0.5) is 5.69 Å². The first-order valence-corrected chi connectivity index (χ1v) is 13.5. The second-order valence-electron chi connectivity index (χ2n) is 9.84. The number of piperidine rings is 1. The lowest BCUT2D eigenvalue weighted by molar-refractivity contribution is -0.115. The summed E-state index contributed by atoms with van der Waals surface area (Å²) in [6, 6.07) is 5.63. The molecule has 1 aliphatic carbocycles. The van der Waals surface area contributed by atoms with Crippen molar-refractivity contribution in [1.29, 1.82) is 0 Å². The van der Waals surface area contributed by atoms with Crippen molar-refractivity contribution in [2.45, 2.75) is 80.7 Å². The number of aromatic nitrogens is 2. The number of benzene rings is 1. The van der Waals surface area contributed by atoms with Crippen LogP contribution < -0.4 is 10.1 Å². The fraction of sp³-hybridized carbons (Fsp3) is 0.577. The lowest BCUT2D eigenvalue weighted by Crippen LogP contribution is -2.40. The molecule has 2 fully saturated rings. The first-order valence-electron chi connectivity index (χ1n) is 12.7. The van der Waals surface area contributed by atoms with Crippen molar-refractivity contribution in [3.05, 3.63) is 35.0 Å². The summed E-state index contributed by atoms with van der Waals surface area (Å²) in [4.78, 5) is 27.9. The molecular formula is C26H34N4O4S. The van der Waals surface area contributed by atoms with Gasteiger partial charge in [0.05, 0.1) is 40.8 Å². The molecule has 1 atom stereocenters. The number of ether oxygens (including phenoxy) is 1. The minimum atomic E-state index is -0.340. The smallest absolute Gasteiger partial charge is 0.257 e. The van der Waals surface area contributed by atoms with E-state index in [1.807, 2.05) is 6.92 Å². The number of nitrogens with zero attached hydrogens (tertiary/aromatic N) is 3. The summed E-state index contributed by atoms with van der Waals surface area (Å²) >= 11 is 1.62. The van der Waals surface area contributed by atoms with Gasteiger partial charge in [0.1, 0.15) is 5.75 Å². The summed E-state index contributed by atoms with van der Waals surface area (Å²) in [6.07, 6.45) is 7.61. The maximum Gasteiger partial charge on any atom is 0.257 e. The van der Waals surface area contributed by atoms with Gasteiger partial charge in [0.25, 0.3) is 5.91 Å². The van der Waals surface area contributed by atoms with Crippen LogP contribution in [0.5, 0.6) is 5.75 Å². The highest BCUT2D eigenvalue weighted by Crippen LogP contribution is 2.42. The molecule has 1 saturated heterocycles. The molecule has 8 nitrogen and oxygen atoms in total. The first-order chi connectivity index (χ1) is 16.9. The zero-order valence-electron chi connectivity index (χ0n) is 20.5. The Balaban J connectivity index is 1.26. The van der Waals surface area contributed by atoms with Crippen molar-refractivity contribution in [1.82, 2.24) is 14.7 Å². The van der Waals surface area contributed by atoms with E-state index >= 15 is 0 Å². The van der Waals surface area contributed by atoms with E-state index in [0.29, 0.717) is 55.4 Å². The van der Waals surface area contributed by atoms with E-state index < -0.39 is 0 Å². The molecule has 2 amide bonds. The van der Waals surface area contributed by atoms with Crippen molar-refractivity contribution >= 4 is 29.3 Å². The van der Waals surface area contributed by atoms with Gasteiger partial charge in [-0.25, -0.2) is 0 Å². The minimum absolute atomic E-state index is 0.0491. The highest BCUT2D eigenvalue weighted by atomic mass is 32.2. The summed E-state index contributed by atoms with van der Waals surface area (Å²) in [7, 11) is 1.53. The van der Waals surface area contributed by atoms with Gasteiger partial charge in [-0.15, -0.1) is 0 Å². The fourth-order valence-electron chi connectivity index (χ4n) is 5.41. The van der Waals surface area contributed by atoms with Crippen LogP contribution in [-0.2, 0) is 11.2 Å². The topological polar surface area (TPSA) is 96.7 Å². The molecule has 0 bridgehead atoms. The average Bonchev–Trinajstić information content (AvgIpc) is 3.45. The van der Waals surface area contributed by atoms with Crippen LogP contribution in [0.3, 0.4) is 0 Å². The maximum atomic E-state index is 13.2. The Morgan fingerprint density at radius 1 is 1.14 bits per heavy atom. The Morgan fingerprint density at radius 2 is 1.89 bits per heavy atom. The van der Waals surface area contributed by atoms with E-state index in [9.17, 15) is 14.7 Å². The quantitative estimate of drug-likeness (QED) is 0.648. The molecule has 2 N–H and O–H groups in total. The maximum absolute atomic E-state index is 13.2. The zero-order chi connectivity index (χ0) is 24.5. The number of aliphatic hydroxyl groups is 1. The van der Waals surface area contributed by atoms with Crippen molar-refractivity contribution in [2.75, 3.05) is 25.5 Å². The number of likely N-dealkylation sites (tertiary alicyclic amines) is 1. The number of nitrogens with one attached hydrogen (secondary N) is 1. The second kappa shape index (κ2) is 10.2. The molecule has 3 aliphatic rings. The number of carbonyl (C=O) groups excluding carboxylic acids is 2. The number of thioether (sulfide) groups is 1. The van der Waals surface area contributed by atoms with Gasteiger partial charge in [-0.05, 0) is 51.2 Å². The Morgan fingerprint density at radius 3 is 2.60 bits per heavy atom. The van der Waals surface area contributed by atoms with E-state index in [1.54, 1.807) is 34.9 Å². The van der Waals surface area contributed by atoms with Crippen molar-refractivity contribution < 1.29 is 19.4 Å². The number of hydrogen-bond donors (Lipinski definition) is 2. The second-order valence-corrected chi connectivity index (χ2v) is 11.0. The van der Waals surface area contributed by atoms with Gasteiger partial charge in [-0.1, -0.05) is 31.0 Å². The number of aliphatic hydroxyl groups excluding tert-OH is 1. The van der Waals surface area contributed by atoms with Gasteiger partial charge in [-0.2, -0.15) is 5.10 Å². The summed E-state index contributed by atoms with van der Waals surface area (Å²) in [6.45, 7) is 3.10. The molecule has 5 rings (SSSR count). The molecule has 188 valence electrons. The number of hydrogen-bond acceptors (Lipinski definition) is 6. The molecule has 2 aromatic rings. The zero-order valence-corrected chi connectivity index (χ0v) is 21.3. The Labute approximate surface area is 210 Å². The van der Waals surface area contributed by atoms with E-state index in [2.05, 4.69) is 10.00 Å². The number of amides is 2. The van der Waals surface area contributed by atoms with Crippen molar-refractivity contribution in [2.24, 2.45) is 0 Å². The third kappa shape index (κ3) is 4.93. The number of carbonyl (C=O) groups is 2. The SMILES string of the molecule is COc1cc(NC(=O)C2Cc3c(C)nn(C4CCCCC4)c3S2)ccc1C(=O)N1CCC(O)CC1. The van der Waals surface area contributed by atoms with Crippen LogP contribution >= 0.6 is 11.8 Å². The molecule has 35 heavy (non-hydrogen) atoms. The van der Waals surface area contributed by atoms with Crippen LogP contribution in [0.15, 0.2) is 23.2 Å². The fourth-order valence-corrected chi connectivity index (χ4v) is 6.77. The number of aryl methyl sites for hydroxylation is 1. The molecule has 0 radical (unpaired) electrons. The molecule has 3 heterocycles. The lowest BCUT2D eigenvalue weighted by atomic mass is 9.96. The van der Waals surface area contributed by atoms with E-state index in [-0.39, 0.29) is 23.2 Å². The van der Waals surface area contributed by atoms with Crippen molar-refractivity contribution in [3.8, 4) is 5.75 Å². The monoisotopic (exact) mass is 498 g/mol. The van der Waals surface area contributed by atoms with Gasteiger partial charge in [0, 0.05) is 30.4 Å². The van der Waals surface area contributed by atoms with Gasteiger partial charge < -0.3 is 20.1 Å². The normalized spacial score (nSPS) is 21.1. The largest absolute Gasteiger partial charge is 0.496 e. The predicted octanol–water partition coefficient (Wildman–Crippen LogP) is 3.96. The average molecular weight is 499 g/mol. The number of anilines is 1. The van der Waals surface area contributed by atoms with Gasteiger partial charge in [0.2, 0.25) is 5.91 Å². The first kappa shape index (κ1) is 24.2. The highest BCUT2D eigenvalue weighted by molar-refractivity contribution is 8.00. The third-order valence-corrected chi connectivity index (χ3v) is 8.79. The lowest BCUT2D eigenvalue weighted by Gasteiger charge is -2.30. The Kier molecular flexibility index (Phi) is 7.07. The molecule has 9 heteroatoms. The number of methoxy groups -OCH3 is 1. The van der Waals surface area contributed by atoms with Crippen LogP contribution in [0, 0.1) is 6.92 Å². The van der Waals surface area contributed by atoms with E-state index in [4.69, 9.17) is 9.84 Å². The molecule has 1 saturated carbocycles. The predicted molar refractivity (Wildman–Crippen MR) is 135 cm³/mol. The third-order valence-electron chi connectivity index (χ3n) is 7.47. The van der Waals surface area contributed by atoms with E-state index in [1.165, 1.54) is 31.9 Å². The molecule has 2 aliphatic heterocycles. The summed E-state index contributed by atoms with van der Waals surface area (Å²) < 4.78 is 7.68. The molecule has 1 unspecified atom stereocenters. The summed E-state index contributed by atoms with van der Waals surface area (Å²) in [5.74, 6) is 0.271. The van der Waals surface area contributed by atoms with Crippen molar-refractivity contribution in [3.63, 3.8) is 0 Å². The Hall–Kier alpha value is -2.52. The van der Waals surface area contributed by atoms with E-state index in [0.717, 1.165) is 23.6 Å². The standard InChI is InChI=1S/C26H34N4O4S/c1-16-21-15-23(35-26(21)30(28-16)18-6-4-3-5-7-18)24(32)27-17-8-9-20(22(14-17)34-2)25(33)29-12-10-19(31)11-13-29/h8-9,14,18-19,23,31H,3-7,10-13,15H2,1-2H3,(H,27,32). The van der Waals surface area contributed by atoms with Crippen LogP contribution in [0.1, 0.15) is 72.6 Å². The highest BCUT2D eigenvalue weighted by Gasteiger charge is 2.35. The van der Waals surface area contributed by atoms with Gasteiger partial charge in [-0.3, -0.25) is 14.3 Å². The van der Waals surface area contributed by atoms with Gasteiger partial charge >= 0.3 is 0 Å². The van der Waals surface area contributed by atoms with Crippen LogP contribution in [0.25, 0.3) is 0 Å². The minimum Gasteiger partial charge on any atom is -0.496 e. The summed E-state index contributed by atoms with van der Waals surface area (Å²) in [5.41, 5.74) is 3.31. The Bertz CT molecular complexity index is 1100. The molecule has 1 aromatic carbocycles. The van der Waals surface area contributed by atoms with Crippen LogP contribution in [-0.4, -0.2) is 63.2 Å². The van der Waals surface area contributed by atoms with Gasteiger partial charge in [0.15, 0.2) is 0 Å². The number of rotatable bonds is 5. The molecule has 1 aromatic heterocycles. The molecule has 0 spiro atoms. The molecular weight excluding hydrogens is 464 g/mol. The summed E-state index contributed by atoms with van der Waals surface area (Å²) in [5, 5.41) is 18.5. The van der Waals surface area contributed by atoms with Crippen LogP contribution in [0.2, 0.25) is 0 Å². The number of fused-ring (bicyclic) bond motifs is 1.